The third-order valence-corrected chi connectivity index (χ3v) is 2.80. The van der Waals surface area contributed by atoms with Crippen LogP contribution in [-0.2, 0) is 0 Å². The monoisotopic (exact) mass is 202 g/mol. The van der Waals surface area contributed by atoms with Gasteiger partial charge in [0.2, 0.25) is 0 Å². The summed E-state index contributed by atoms with van der Waals surface area (Å²) in [5.74, 6) is 0. The molecule has 0 radical (unpaired) electrons. The third-order valence-electron chi connectivity index (χ3n) is 2.80. The Morgan fingerprint density at radius 1 is 1.33 bits per heavy atom. The summed E-state index contributed by atoms with van der Waals surface area (Å²) in [4.78, 5) is 6.78. The molecule has 2 rings (SSSR count). The molecule has 1 heterocycles. The van der Waals surface area contributed by atoms with E-state index in [1.165, 1.54) is 17.0 Å². The summed E-state index contributed by atoms with van der Waals surface area (Å²) >= 11 is 0. The highest BCUT2D eigenvalue weighted by Gasteiger charge is 2.26. The molecule has 0 N–H and O–H groups in total. The highest BCUT2D eigenvalue weighted by molar-refractivity contribution is 5.65. The van der Waals surface area contributed by atoms with Crippen molar-refractivity contribution in [2.24, 2.45) is 4.99 Å². The first kappa shape index (κ1) is 10.2. The first-order valence-electron chi connectivity index (χ1n) is 5.39. The summed E-state index contributed by atoms with van der Waals surface area (Å²) in [6.07, 6.45) is 9.34. The summed E-state index contributed by atoms with van der Waals surface area (Å²) in [5.41, 5.74) is 3.90. The Kier molecular flexibility index (Phi) is 2.29. The normalized spacial score (nSPS) is 20.5. The predicted molar refractivity (Wildman–Crippen MR) is 64.6 cm³/mol. The van der Waals surface area contributed by atoms with Crippen LogP contribution in [0.5, 0.6) is 0 Å². The minimum Gasteiger partial charge on any atom is -0.330 e. The number of rotatable bonds is 0. The van der Waals surface area contributed by atoms with E-state index in [-0.39, 0.29) is 5.54 Å². The molecule has 0 amide bonds. The lowest BCUT2D eigenvalue weighted by Crippen LogP contribution is -2.41. The van der Waals surface area contributed by atoms with Crippen molar-refractivity contribution in [3.63, 3.8) is 0 Å². The summed E-state index contributed by atoms with van der Waals surface area (Å²) in [7, 11) is 0. The van der Waals surface area contributed by atoms with Crippen LogP contribution in [0.4, 0.5) is 0 Å². The molecule has 1 aliphatic carbocycles. The molecule has 0 saturated heterocycles. The molecule has 0 aromatic heterocycles. The summed E-state index contributed by atoms with van der Waals surface area (Å²) < 4.78 is 0. The van der Waals surface area contributed by atoms with Gasteiger partial charge in [0, 0.05) is 17.7 Å². The van der Waals surface area contributed by atoms with Crippen LogP contribution in [0.1, 0.15) is 34.1 Å². The third kappa shape index (κ3) is 1.89. The predicted octanol–water partition coefficient (Wildman–Crippen LogP) is 3.25. The van der Waals surface area contributed by atoms with Gasteiger partial charge in [0.25, 0.3) is 0 Å². The number of aliphatic imine (C=N–C) groups is 1. The Bertz CT molecular complexity index is 389. The van der Waals surface area contributed by atoms with Crippen LogP contribution in [0.25, 0.3) is 0 Å². The van der Waals surface area contributed by atoms with E-state index in [1.54, 1.807) is 0 Å². The molecule has 0 aromatic rings. The highest BCUT2D eigenvalue weighted by atomic mass is 15.2. The van der Waals surface area contributed by atoms with Crippen molar-refractivity contribution in [1.29, 1.82) is 0 Å². The van der Waals surface area contributed by atoms with Crippen molar-refractivity contribution >= 4 is 6.34 Å². The molecule has 2 nitrogen and oxygen atoms in total. The van der Waals surface area contributed by atoms with E-state index in [1.807, 2.05) is 6.34 Å². The fourth-order valence-electron chi connectivity index (χ4n) is 1.89. The van der Waals surface area contributed by atoms with E-state index in [0.717, 1.165) is 6.42 Å². The Morgan fingerprint density at radius 3 is 2.73 bits per heavy atom. The fraction of sp³-hybridized carbons (Fsp3) is 0.462. The second kappa shape index (κ2) is 3.37. The standard InChI is InChI=1S/C13H18N2/c1-10-6-5-7-11-8-12(10)14-9-15(11)13(2,3)4/h5-7,9H,8H2,1-4H3. The largest absolute Gasteiger partial charge is 0.330 e. The van der Waals surface area contributed by atoms with Gasteiger partial charge in [-0.1, -0.05) is 12.2 Å². The van der Waals surface area contributed by atoms with Crippen LogP contribution in [0.3, 0.4) is 0 Å². The Morgan fingerprint density at radius 2 is 2.07 bits per heavy atom. The zero-order chi connectivity index (χ0) is 11.1. The van der Waals surface area contributed by atoms with Crippen molar-refractivity contribution in [3.05, 3.63) is 35.2 Å². The van der Waals surface area contributed by atoms with E-state index in [4.69, 9.17) is 0 Å². The van der Waals surface area contributed by atoms with Crippen molar-refractivity contribution in [1.82, 2.24) is 4.90 Å². The molecule has 2 aliphatic rings. The second-order valence-electron chi connectivity index (χ2n) is 5.11. The van der Waals surface area contributed by atoms with Gasteiger partial charge in [0.05, 0.1) is 12.0 Å². The molecule has 0 aromatic carbocycles. The van der Waals surface area contributed by atoms with Gasteiger partial charge in [0.1, 0.15) is 0 Å². The number of hydrogen-bond donors (Lipinski definition) is 0. The van der Waals surface area contributed by atoms with Crippen LogP contribution >= 0.6 is 0 Å². The summed E-state index contributed by atoms with van der Waals surface area (Å²) in [6.45, 7) is 8.73. The lowest BCUT2D eigenvalue weighted by Gasteiger charge is -2.38. The van der Waals surface area contributed by atoms with E-state index in [2.05, 4.69) is 55.8 Å². The first-order chi connectivity index (χ1) is 6.98. The smallest absolute Gasteiger partial charge is 0.0955 e. The average Bonchev–Trinajstić information content (AvgIpc) is 2.26. The van der Waals surface area contributed by atoms with Gasteiger partial charge >= 0.3 is 0 Å². The number of nitrogens with zero attached hydrogens (tertiary/aromatic N) is 2. The number of hydrogen-bond acceptors (Lipinski definition) is 2. The van der Waals surface area contributed by atoms with Crippen LogP contribution in [0.15, 0.2) is 40.2 Å². The van der Waals surface area contributed by atoms with Crippen molar-refractivity contribution in [3.8, 4) is 0 Å². The Labute approximate surface area is 91.7 Å². The lowest BCUT2D eigenvalue weighted by molar-refractivity contribution is 0.288. The van der Waals surface area contributed by atoms with Gasteiger partial charge in [-0.15, -0.1) is 0 Å². The molecular formula is C13H18N2. The summed E-state index contributed by atoms with van der Waals surface area (Å²) in [5, 5.41) is 0. The van der Waals surface area contributed by atoms with Gasteiger partial charge in [-0.05, 0) is 39.3 Å². The Balaban J connectivity index is 2.44. The van der Waals surface area contributed by atoms with Crippen LogP contribution < -0.4 is 0 Å². The van der Waals surface area contributed by atoms with Gasteiger partial charge in [0.15, 0.2) is 0 Å². The topological polar surface area (TPSA) is 15.6 Å². The molecule has 2 heteroatoms. The second-order valence-corrected chi connectivity index (χ2v) is 5.11. The molecule has 0 saturated carbocycles. The number of allylic oxidation sites excluding steroid dienone is 4. The van der Waals surface area contributed by atoms with Gasteiger partial charge in [-0.3, -0.25) is 0 Å². The first-order valence-corrected chi connectivity index (χ1v) is 5.39. The maximum atomic E-state index is 4.53. The van der Waals surface area contributed by atoms with Gasteiger partial charge < -0.3 is 4.90 Å². The highest BCUT2D eigenvalue weighted by Crippen LogP contribution is 2.30. The van der Waals surface area contributed by atoms with Gasteiger partial charge in [-0.25, -0.2) is 4.99 Å². The van der Waals surface area contributed by atoms with E-state index in [9.17, 15) is 0 Å². The minimum absolute atomic E-state index is 0.104. The van der Waals surface area contributed by atoms with E-state index < -0.39 is 0 Å². The maximum Gasteiger partial charge on any atom is 0.0955 e. The van der Waals surface area contributed by atoms with E-state index in [0.29, 0.717) is 0 Å². The van der Waals surface area contributed by atoms with E-state index >= 15 is 0 Å². The zero-order valence-electron chi connectivity index (χ0n) is 9.91. The fourth-order valence-corrected chi connectivity index (χ4v) is 1.89. The molecule has 15 heavy (non-hydrogen) atoms. The molecule has 0 unspecified atom stereocenters. The van der Waals surface area contributed by atoms with Crippen LogP contribution in [0, 0.1) is 0 Å². The molecule has 2 bridgehead atoms. The van der Waals surface area contributed by atoms with Gasteiger partial charge in [-0.2, -0.15) is 0 Å². The van der Waals surface area contributed by atoms with Crippen LogP contribution in [0.2, 0.25) is 0 Å². The summed E-state index contributed by atoms with van der Waals surface area (Å²) in [6, 6.07) is 0. The average molecular weight is 202 g/mol. The molecule has 0 fully saturated rings. The molecule has 0 atom stereocenters. The quantitative estimate of drug-likeness (QED) is 0.588. The molecule has 1 aliphatic heterocycles. The van der Waals surface area contributed by atoms with Crippen molar-refractivity contribution in [2.45, 2.75) is 39.7 Å². The Hall–Kier alpha value is -1.31. The number of fused-ring (bicyclic) bond motifs is 2. The van der Waals surface area contributed by atoms with Crippen molar-refractivity contribution < 1.29 is 0 Å². The molecule has 0 spiro atoms. The SMILES string of the molecule is CC1=C2CC(=CC=C1)N(C(C)(C)C)C=N2. The molecular weight excluding hydrogens is 184 g/mol. The van der Waals surface area contributed by atoms with Crippen molar-refractivity contribution in [2.75, 3.05) is 0 Å². The van der Waals surface area contributed by atoms with Crippen LogP contribution in [-0.4, -0.2) is 16.8 Å². The lowest BCUT2D eigenvalue weighted by atomic mass is 10.0. The minimum atomic E-state index is 0.104. The maximum absolute atomic E-state index is 4.53. The zero-order valence-corrected chi connectivity index (χ0v) is 9.91. The molecule has 80 valence electrons.